The van der Waals surface area contributed by atoms with Crippen LogP contribution in [-0.4, -0.2) is 27.3 Å². The van der Waals surface area contributed by atoms with Gasteiger partial charge in [-0.2, -0.15) is 5.26 Å². The quantitative estimate of drug-likeness (QED) is 0.514. The number of nitrogens with one attached hydrogen (secondary N) is 1. The summed E-state index contributed by atoms with van der Waals surface area (Å²) in [5.74, 6) is -0.0290. The first kappa shape index (κ1) is 19.6. The lowest BCUT2D eigenvalue weighted by Gasteiger charge is -2.13. The molecule has 0 aliphatic carbocycles. The molecule has 28 heavy (non-hydrogen) atoms. The SMILES string of the molecule is CC(C)NC(=O)c1ccc2c(=O)n(Cc3ccccc3)c(SCC#N)nc2c1. The molecule has 3 rings (SSSR count). The number of carbonyl (C=O) groups is 1. The highest BCUT2D eigenvalue weighted by Gasteiger charge is 2.15. The monoisotopic (exact) mass is 392 g/mol. The van der Waals surface area contributed by atoms with E-state index in [1.54, 1.807) is 22.8 Å². The van der Waals surface area contributed by atoms with E-state index in [4.69, 9.17) is 5.26 Å². The molecule has 6 nitrogen and oxygen atoms in total. The highest BCUT2D eigenvalue weighted by molar-refractivity contribution is 7.99. The zero-order chi connectivity index (χ0) is 20.1. The minimum atomic E-state index is -0.210. The first-order chi connectivity index (χ1) is 13.5. The predicted molar refractivity (Wildman–Crippen MR) is 110 cm³/mol. The topological polar surface area (TPSA) is 87.8 Å². The van der Waals surface area contributed by atoms with Crippen LogP contribution in [0.4, 0.5) is 0 Å². The number of hydrogen-bond donors (Lipinski definition) is 1. The Morgan fingerprint density at radius 3 is 2.68 bits per heavy atom. The van der Waals surface area contributed by atoms with Gasteiger partial charge < -0.3 is 5.32 Å². The van der Waals surface area contributed by atoms with Gasteiger partial charge in [-0.1, -0.05) is 42.1 Å². The number of nitrogens with zero attached hydrogens (tertiary/aromatic N) is 3. The number of amides is 1. The average molecular weight is 392 g/mol. The standard InChI is InChI=1S/C21H20N4O2S/c1-14(2)23-19(26)16-8-9-17-18(12-16)24-21(28-11-10-22)25(20(17)27)13-15-6-4-3-5-7-15/h3-9,12,14H,11,13H2,1-2H3,(H,23,26). The van der Waals surface area contributed by atoms with Gasteiger partial charge in [0.2, 0.25) is 0 Å². The van der Waals surface area contributed by atoms with Gasteiger partial charge in [-0.05, 0) is 37.6 Å². The molecular weight excluding hydrogens is 372 g/mol. The van der Waals surface area contributed by atoms with Crippen LogP contribution in [0, 0.1) is 11.3 Å². The summed E-state index contributed by atoms with van der Waals surface area (Å²) in [6, 6.07) is 16.6. The van der Waals surface area contributed by atoms with Crippen molar-refractivity contribution in [3.05, 3.63) is 70.0 Å². The number of rotatable bonds is 6. The van der Waals surface area contributed by atoms with E-state index in [1.807, 2.05) is 44.2 Å². The molecule has 7 heteroatoms. The predicted octanol–water partition coefficient (Wildman–Crippen LogP) is 3.20. The van der Waals surface area contributed by atoms with E-state index in [9.17, 15) is 9.59 Å². The second kappa shape index (κ2) is 8.72. The third-order valence-corrected chi connectivity index (χ3v) is 4.89. The molecule has 0 radical (unpaired) electrons. The maximum absolute atomic E-state index is 13.1. The molecule has 1 N–H and O–H groups in total. The van der Waals surface area contributed by atoms with Crippen LogP contribution in [0.3, 0.4) is 0 Å². The first-order valence-electron chi connectivity index (χ1n) is 8.88. The lowest BCUT2D eigenvalue weighted by atomic mass is 10.1. The van der Waals surface area contributed by atoms with Crippen molar-refractivity contribution in [2.24, 2.45) is 0 Å². The van der Waals surface area contributed by atoms with Crippen molar-refractivity contribution in [1.29, 1.82) is 5.26 Å². The second-order valence-corrected chi connectivity index (χ2v) is 7.52. The van der Waals surface area contributed by atoms with Gasteiger partial charge in [-0.25, -0.2) is 4.98 Å². The summed E-state index contributed by atoms with van der Waals surface area (Å²) < 4.78 is 1.58. The first-order valence-corrected chi connectivity index (χ1v) is 9.87. The number of benzene rings is 2. The van der Waals surface area contributed by atoms with Crippen LogP contribution in [0.2, 0.25) is 0 Å². The van der Waals surface area contributed by atoms with Gasteiger partial charge in [-0.15, -0.1) is 0 Å². The maximum atomic E-state index is 13.1. The van der Waals surface area contributed by atoms with E-state index in [-0.39, 0.29) is 23.3 Å². The molecule has 0 aliphatic heterocycles. The van der Waals surface area contributed by atoms with Crippen molar-refractivity contribution in [2.75, 3.05) is 5.75 Å². The van der Waals surface area contributed by atoms with E-state index in [1.165, 1.54) is 11.8 Å². The Labute approximate surface area is 167 Å². The molecule has 1 aromatic heterocycles. The van der Waals surface area contributed by atoms with E-state index in [2.05, 4.69) is 16.4 Å². The zero-order valence-corrected chi connectivity index (χ0v) is 16.5. The summed E-state index contributed by atoms with van der Waals surface area (Å²) in [5.41, 5.74) is 1.68. The number of hydrogen-bond acceptors (Lipinski definition) is 5. The van der Waals surface area contributed by atoms with E-state index >= 15 is 0 Å². The molecule has 142 valence electrons. The van der Waals surface area contributed by atoms with Crippen LogP contribution in [0.15, 0.2) is 58.5 Å². The summed E-state index contributed by atoms with van der Waals surface area (Å²) in [7, 11) is 0. The van der Waals surface area contributed by atoms with E-state index in [0.717, 1.165) is 5.56 Å². The molecule has 0 saturated heterocycles. The van der Waals surface area contributed by atoms with Crippen molar-refractivity contribution >= 4 is 28.6 Å². The van der Waals surface area contributed by atoms with Crippen molar-refractivity contribution in [3.8, 4) is 6.07 Å². The van der Waals surface area contributed by atoms with Crippen molar-refractivity contribution in [2.45, 2.75) is 31.6 Å². The summed E-state index contributed by atoms with van der Waals surface area (Å²) in [4.78, 5) is 30.0. The second-order valence-electron chi connectivity index (χ2n) is 6.58. The maximum Gasteiger partial charge on any atom is 0.262 e. The number of aromatic nitrogens is 2. The van der Waals surface area contributed by atoms with Gasteiger partial charge in [0.15, 0.2) is 5.16 Å². The number of thioether (sulfide) groups is 1. The molecule has 3 aromatic rings. The highest BCUT2D eigenvalue weighted by atomic mass is 32.2. The largest absolute Gasteiger partial charge is 0.350 e. The Morgan fingerprint density at radius 1 is 1.25 bits per heavy atom. The van der Waals surface area contributed by atoms with Gasteiger partial charge in [0.25, 0.3) is 11.5 Å². The third kappa shape index (κ3) is 4.41. The van der Waals surface area contributed by atoms with E-state index in [0.29, 0.717) is 28.2 Å². The molecule has 0 aliphatic rings. The Bertz CT molecular complexity index is 1100. The summed E-state index contributed by atoms with van der Waals surface area (Å²) in [5, 5.41) is 12.7. The molecule has 0 spiro atoms. The average Bonchev–Trinajstić information content (AvgIpc) is 2.68. The minimum Gasteiger partial charge on any atom is -0.350 e. The van der Waals surface area contributed by atoms with Gasteiger partial charge in [0, 0.05) is 11.6 Å². The lowest BCUT2D eigenvalue weighted by molar-refractivity contribution is 0.0943. The Balaban J connectivity index is 2.09. The van der Waals surface area contributed by atoms with Crippen LogP contribution in [0.25, 0.3) is 10.9 Å². The molecular formula is C21H20N4O2S. The molecule has 1 amide bonds. The Kier molecular flexibility index (Phi) is 6.12. The number of fused-ring (bicyclic) bond motifs is 1. The van der Waals surface area contributed by atoms with E-state index < -0.39 is 0 Å². The third-order valence-electron chi connectivity index (χ3n) is 4.05. The molecule has 2 aromatic carbocycles. The summed E-state index contributed by atoms with van der Waals surface area (Å²) in [6.45, 7) is 4.14. The van der Waals surface area contributed by atoms with Crippen molar-refractivity contribution < 1.29 is 4.79 Å². The number of nitriles is 1. The van der Waals surface area contributed by atoms with Crippen LogP contribution < -0.4 is 10.9 Å². The van der Waals surface area contributed by atoms with Crippen LogP contribution in [0.5, 0.6) is 0 Å². The van der Waals surface area contributed by atoms with Crippen LogP contribution in [0.1, 0.15) is 29.8 Å². The fourth-order valence-electron chi connectivity index (χ4n) is 2.80. The Hall–Kier alpha value is -3.11. The smallest absolute Gasteiger partial charge is 0.262 e. The highest BCUT2D eigenvalue weighted by Crippen LogP contribution is 2.19. The number of carbonyl (C=O) groups excluding carboxylic acids is 1. The fraction of sp³-hybridized carbons (Fsp3) is 0.238. The van der Waals surface area contributed by atoms with Crippen molar-refractivity contribution in [3.63, 3.8) is 0 Å². The Morgan fingerprint density at radius 2 is 2.00 bits per heavy atom. The molecule has 0 unspecified atom stereocenters. The van der Waals surface area contributed by atoms with Crippen LogP contribution in [-0.2, 0) is 6.54 Å². The normalized spacial score (nSPS) is 10.8. The summed E-state index contributed by atoms with van der Waals surface area (Å²) in [6.07, 6.45) is 0. The fourth-order valence-corrected chi connectivity index (χ4v) is 3.46. The molecule has 0 fully saturated rings. The molecule has 0 atom stereocenters. The summed E-state index contributed by atoms with van der Waals surface area (Å²) >= 11 is 1.21. The van der Waals surface area contributed by atoms with Gasteiger partial charge >= 0.3 is 0 Å². The van der Waals surface area contributed by atoms with Gasteiger partial charge in [0.05, 0.1) is 29.3 Å². The molecule has 1 heterocycles. The molecule has 0 bridgehead atoms. The lowest BCUT2D eigenvalue weighted by Crippen LogP contribution is -2.30. The van der Waals surface area contributed by atoms with Gasteiger partial charge in [0.1, 0.15) is 0 Å². The van der Waals surface area contributed by atoms with Gasteiger partial charge in [-0.3, -0.25) is 14.2 Å². The molecule has 0 saturated carbocycles. The van der Waals surface area contributed by atoms with Crippen LogP contribution >= 0.6 is 11.8 Å². The van der Waals surface area contributed by atoms with Crippen molar-refractivity contribution in [1.82, 2.24) is 14.9 Å². The zero-order valence-electron chi connectivity index (χ0n) is 15.7. The minimum absolute atomic E-state index is 0.0109.